The lowest BCUT2D eigenvalue weighted by atomic mass is 9.93. The highest BCUT2D eigenvalue weighted by molar-refractivity contribution is 5.96. The Morgan fingerprint density at radius 3 is 1.69 bits per heavy atom. The summed E-state index contributed by atoms with van der Waals surface area (Å²) in [6.07, 6.45) is 7.82. The summed E-state index contributed by atoms with van der Waals surface area (Å²) >= 11 is 0. The van der Waals surface area contributed by atoms with E-state index in [-0.39, 0.29) is 6.04 Å². The molecule has 0 saturated carbocycles. The van der Waals surface area contributed by atoms with E-state index in [2.05, 4.69) is 248 Å². The van der Waals surface area contributed by atoms with Crippen LogP contribution in [0, 0.1) is 13.8 Å². The smallest absolute Gasteiger partial charge is 0.0632 e. The van der Waals surface area contributed by atoms with Crippen LogP contribution in [0.15, 0.2) is 224 Å². The second-order valence-corrected chi connectivity index (χ2v) is 16.6. The maximum atomic E-state index is 2.54. The number of benzene rings is 9. The minimum Gasteiger partial charge on any atom is -0.333 e. The van der Waals surface area contributed by atoms with Crippen molar-refractivity contribution < 1.29 is 0 Å². The third kappa shape index (κ3) is 6.80. The Labute approximate surface area is 365 Å². The van der Waals surface area contributed by atoms with Gasteiger partial charge in [-0.25, -0.2) is 0 Å². The Morgan fingerprint density at radius 2 is 0.968 bits per heavy atom. The molecule has 1 atom stereocenters. The average Bonchev–Trinajstić information content (AvgIpc) is 3.66. The summed E-state index contributed by atoms with van der Waals surface area (Å²) in [6.45, 7) is 4.40. The van der Waals surface area contributed by atoms with E-state index in [0.29, 0.717) is 0 Å². The van der Waals surface area contributed by atoms with Gasteiger partial charge in [0.25, 0.3) is 0 Å². The van der Waals surface area contributed by atoms with Gasteiger partial charge in [0, 0.05) is 34.0 Å². The summed E-state index contributed by atoms with van der Waals surface area (Å²) in [5.74, 6) is 0. The molecule has 1 aliphatic heterocycles. The molecule has 1 heterocycles. The van der Waals surface area contributed by atoms with Crippen LogP contribution >= 0.6 is 0 Å². The molecule has 0 radical (unpaired) electrons. The molecule has 2 heteroatoms. The van der Waals surface area contributed by atoms with E-state index in [4.69, 9.17) is 0 Å². The van der Waals surface area contributed by atoms with Crippen molar-refractivity contribution in [1.29, 1.82) is 0 Å². The van der Waals surface area contributed by atoms with Crippen molar-refractivity contribution in [3.63, 3.8) is 0 Å². The van der Waals surface area contributed by atoms with Crippen LogP contribution in [0.4, 0.5) is 28.4 Å². The standard InChI is InChI=1S/C60H46N2/c1-41-12-6-9-17-55(41)57-39-49(21-20-42(57)2)46-26-34-53(35-27-46)62-59-19-11-10-18-56(59)58-40-50(29-37-60(58)62)47-24-32-52(33-25-47)61(54-36-28-44-15-7-8-16-48(44)38-54)51-30-22-45(23-31-51)43-13-4-3-5-14-43/h3-18,20-40,59H,19H2,1-2H3. The summed E-state index contributed by atoms with van der Waals surface area (Å²) in [7, 11) is 0. The van der Waals surface area contributed by atoms with E-state index >= 15 is 0 Å². The van der Waals surface area contributed by atoms with E-state index in [9.17, 15) is 0 Å². The van der Waals surface area contributed by atoms with Crippen LogP contribution in [0.25, 0.3) is 60.9 Å². The first-order valence-corrected chi connectivity index (χ1v) is 21.7. The van der Waals surface area contributed by atoms with Gasteiger partial charge in [0.05, 0.1) is 6.04 Å². The van der Waals surface area contributed by atoms with Crippen LogP contribution in [0.3, 0.4) is 0 Å². The molecule has 0 aromatic heterocycles. The molecule has 2 aliphatic rings. The molecule has 9 aromatic carbocycles. The van der Waals surface area contributed by atoms with Gasteiger partial charge in [-0.15, -0.1) is 0 Å². The Kier molecular flexibility index (Phi) is 9.47. The van der Waals surface area contributed by atoms with Crippen LogP contribution in [0.5, 0.6) is 0 Å². The normalized spacial score (nSPS) is 14.1. The van der Waals surface area contributed by atoms with Gasteiger partial charge in [0.1, 0.15) is 0 Å². The maximum Gasteiger partial charge on any atom is 0.0632 e. The fourth-order valence-corrected chi connectivity index (χ4v) is 9.56. The molecular weight excluding hydrogens is 749 g/mol. The molecule has 0 spiro atoms. The number of aryl methyl sites for hydroxylation is 2. The minimum atomic E-state index is 0.259. The highest BCUT2D eigenvalue weighted by Gasteiger charge is 2.35. The molecule has 296 valence electrons. The monoisotopic (exact) mass is 794 g/mol. The number of anilines is 5. The second kappa shape index (κ2) is 15.7. The third-order valence-corrected chi connectivity index (χ3v) is 12.8. The highest BCUT2D eigenvalue weighted by Crippen LogP contribution is 2.49. The summed E-state index contributed by atoms with van der Waals surface area (Å²) in [6, 6.07) is 75.9. The summed E-state index contributed by atoms with van der Waals surface area (Å²) < 4.78 is 0. The summed E-state index contributed by atoms with van der Waals surface area (Å²) in [5.41, 5.74) is 21.0. The Morgan fingerprint density at radius 1 is 0.419 bits per heavy atom. The minimum absolute atomic E-state index is 0.259. The van der Waals surface area contributed by atoms with Gasteiger partial charge < -0.3 is 9.80 Å². The number of fused-ring (bicyclic) bond motifs is 4. The van der Waals surface area contributed by atoms with Crippen LogP contribution in [-0.2, 0) is 0 Å². The largest absolute Gasteiger partial charge is 0.333 e. The lowest BCUT2D eigenvalue weighted by Crippen LogP contribution is -2.26. The average molecular weight is 795 g/mol. The second-order valence-electron chi connectivity index (χ2n) is 16.6. The Balaban J connectivity index is 0.908. The first-order chi connectivity index (χ1) is 30.6. The Bertz CT molecular complexity index is 3160. The quantitative estimate of drug-likeness (QED) is 0.151. The van der Waals surface area contributed by atoms with E-state index in [1.54, 1.807) is 0 Å². The molecule has 0 amide bonds. The first kappa shape index (κ1) is 37.3. The highest BCUT2D eigenvalue weighted by atomic mass is 15.2. The lowest BCUT2D eigenvalue weighted by molar-refractivity contribution is 0.829. The van der Waals surface area contributed by atoms with Gasteiger partial charge in [-0.1, -0.05) is 158 Å². The van der Waals surface area contributed by atoms with E-state index in [1.807, 2.05) is 0 Å². The van der Waals surface area contributed by atoms with Gasteiger partial charge in [0.2, 0.25) is 0 Å². The summed E-state index contributed by atoms with van der Waals surface area (Å²) in [4.78, 5) is 4.91. The van der Waals surface area contributed by atoms with Crippen molar-refractivity contribution >= 4 is 44.8 Å². The van der Waals surface area contributed by atoms with Gasteiger partial charge >= 0.3 is 0 Å². The van der Waals surface area contributed by atoms with Gasteiger partial charge in [-0.3, -0.25) is 0 Å². The molecule has 0 saturated heterocycles. The SMILES string of the molecule is Cc1ccccc1-c1cc(-c2ccc(N3c4ccc(-c5ccc(N(c6ccc(-c7ccccc7)cc6)c6ccc7ccccc7c6)cc5)cc4C4=CC=CCC43)cc2)ccc1C. The number of hydrogen-bond acceptors (Lipinski definition) is 2. The maximum absolute atomic E-state index is 2.54. The van der Waals surface area contributed by atoms with Crippen molar-refractivity contribution in [2.75, 3.05) is 9.80 Å². The topological polar surface area (TPSA) is 6.48 Å². The number of hydrogen-bond donors (Lipinski definition) is 0. The van der Waals surface area contributed by atoms with Gasteiger partial charge in [-0.05, 0) is 159 Å². The zero-order chi connectivity index (χ0) is 41.6. The van der Waals surface area contributed by atoms with Crippen molar-refractivity contribution in [2.24, 2.45) is 0 Å². The van der Waals surface area contributed by atoms with Crippen LogP contribution in [-0.4, -0.2) is 6.04 Å². The van der Waals surface area contributed by atoms with E-state index in [1.165, 1.54) is 88.9 Å². The third-order valence-electron chi connectivity index (χ3n) is 12.8. The fourth-order valence-electron chi connectivity index (χ4n) is 9.56. The molecule has 0 fully saturated rings. The molecule has 1 aliphatic carbocycles. The molecule has 0 N–H and O–H groups in total. The number of nitrogens with zero attached hydrogens (tertiary/aromatic N) is 2. The molecule has 0 bridgehead atoms. The van der Waals surface area contributed by atoms with Crippen molar-refractivity contribution in [3.05, 3.63) is 241 Å². The van der Waals surface area contributed by atoms with Crippen molar-refractivity contribution in [3.8, 4) is 44.5 Å². The predicted molar refractivity (Wildman–Crippen MR) is 264 cm³/mol. The molecule has 2 nitrogen and oxygen atoms in total. The van der Waals surface area contributed by atoms with Gasteiger partial charge in [-0.2, -0.15) is 0 Å². The molecule has 9 aromatic rings. The fraction of sp³-hybridized carbons (Fsp3) is 0.0667. The van der Waals surface area contributed by atoms with Crippen LogP contribution in [0.2, 0.25) is 0 Å². The van der Waals surface area contributed by atoms with E-state index < -0.39 is 0 Å². The lowest BCUT2D eigenvalue weighted by Gasteiger charge is -2.28. The van der Waals surface area contributed by atoms with Crippen LogP contribution in [0.1, 0.15) is 23.1 Å². The molecule has 11 rings (SSSR count). The van der Waals surface area contributed by atoms with E-state index in [0.717, 1.165) is 23.5 Å². The predicted octanol–water partition coefficient (Wildman–Crippen LogP) is 16.5. The van der Waals surface area contributed by atoms with Crippen molar-refractivity contribution in [1.82, 2.24) is 0 Å². The van der Waals surface area contributed by atoms with Crippen LogP contribution < -0.4 is 9.80 Å². The zero-order valence-electron chi connectivity index (χ0n) is 35.0. The molecule has 1 unspecified atom stereocenters. The Hall–Kier alpha value is -7.68. The van der Waals surface area contributed by atoms with Crippen molar-refractivity contribution in [2.45, 2.75) is 26.3 Å². The summed E-state index contributed by atoms with van der Waals surface area (Å²) in [5, 5.41) is 2.46. The number of rotatable bonds is 8. The van der Waals surface area contributed by atoms with Gasteiger partial charge in [0.15, 0.2) is 0 Å². The zero-order valence-corrected chi connectivity index (χ0v) is 35.0. The first-order valence-electron chi connectivity index (χ1n) is 21.7. The molecular formula is C60H46N2. The number of allylic oxidation sites excluding steroid dienone is 2. The molecule has 62 heavy (non-hydrogen) atoms.